The van der Waals surface area contributed by atoms with Crippen molar-refractivity contribution in [3.8, 4) is 0 Å². The Kier molecular flexibility index (Phi) is 3.04. The summed E-state index contributed by atoms with van der Waals surface area (Å²) >= 11 is 0. The van der Waals surface area contributed by atoms with Crippen molar-refractivity contribution < 1.29 is 0 Å². The number of nitrogens with zero attached hydrogens (tertiary/aromatic N) is 1. The van der Waals surface area contributed by atoms with Crippen LogP contribution in [0.25, 0.3) is 0 Å². The molecule has 0 radical (unpaired) electrons. The van der Waals surface area contributed by atoms with Crippen molar-refractivity contribution in [3.63, 3.8) is 0 Å². The minimum Gasteiger partial charge on any atom is -0.232 e. The number of aliphatic imine (C=N–C) groups is 1. The van der Waals surface area contributed by atoms with E-state index in [1.54, 1.807) is 0 Å². The highest BCUT2D eigenvalue weighted by Gasteiger charge is 1.77. The molecule has 0 saturated carbocycles. The molecule has 0 bridgehead atoms. The normalized spacial score (nSPS) is 7.29. The highest BCUT2D eigenvalue weighted by molar-refractivity contribution is 5.49. The van der Waals surface area contributed by atoms with Crippen LogP contribution in [0.3, 0.4) is 0 Å². The van der Waals surface area contributed by atoms with Crippen LogP contribution < -0.4 is 0 Å². The Morgan fingerprint density at radius 2 is 2.14 bits per heavy atom. The van der Waals surface area contributed by atoms with Crippen LogP contribution in [0.2, 0.25) is 0 Å². The molecule has 38 valence electrons. The van der Waals surface area contributed by atoms with E-state index in [2.05, 4.69) is 23.2 Å². The molecule has 0 atom stereocenters. The van der Waals surface area contributed by atoms with E-state index < -0.39 is 0 Å². The molecule has 0 aromatic heterocycles. The van der Waals surface area contributed by atoms with Crippen LogP contribution in [0.4, 0.5) is 0 Å². The monoisotopic (exact) mass is 95.1 g/mol. The van der Waals surface area contributed by atoms with Crippen LogP contribution in [-0.4, -0.2) is 11.9 Å². The molecule has 1 heteroatoms. The molecule has 0 unspecified atom stereocenters. The zero-order valence-corrected chi connectivity index (χ0v) is 4.73. The zero-order valence-electron chi connectivity index (χ0n) is 4.73. The lowest BCUT2D eigenvalue weighted by atomic mass is 10.4. The predicted octanol–water partition coefficient (Wildman–Crippen LogP) is 1.41. The SMILES string of the molecule is C=C=C=NC(C)C. The number of hydrogen-bond acceptors (Lipinski definition) is 1. The van der Waals surface area contributed by atoms with E-state index in [1.807, 2.05) is 13.8 Å². The van der Waals surface area contributed by atoms with Crippen molar-refractivity contribution in [2.45, 2.75) is 19.9 Å². The summed E-state index contributed by atoms with van der Waals surface area (Å²) in [4.78, 5) is 3.82. The molecule has 0 aromatic rings. The first kappa shape index (κ1) is 6.23. The number of hydrogen-bond donors (Lipinski definition) is 0. The van der Waals surface area contributed by atoms with E-state index in [0.717, 1.165) is 0 Å². The van der Waals surface area contributed by atoms with Gasteiger partial charge in [-0.05, 0) is 20.4 Å². The smallest absolute Gasteiger partial charge is 0.0544 e. The first-order valence-corrected chi connectivity index (χ1v) is 2.24. The third-order valence-corrected chi connectivity index (χ3v) is 0.402. The van der Waals surface area contributed by atoms with Gasteiger partial charge < -0.3 is 0 Å². The summed E-state index contributed by atoms with van der Waals surface area (Å²) in [5.41, 5.74) is 2.43. The summed E-state index contributed by atoms with van der Waals surface area (Å²) in [7, 11) is 0. The molecule has 0 aromatic carbocycles. The Balaban J connectivity index is 3.69. The maximum atomic E-state index is 3.82. The Morgan fingerprint density at radius 3 is 2.29 bits per heavy atom. The van der Waals surface area contributed by atoms with Gasteiger partial charge in [-0.1, -0.05) is 5.73 Å². The van der Waals surface area contributed by atoms with Gasteiger partial charge in [-0.25, -0.2) is 4.99 Å². The van der Waals surface area contributed by atoms with E-state index in [4.69, 9.17) is 0 Å². The highest BCUT2D eigenvalue weighted by Crippen LogP contribution is 1.79. The fourth-order valence-corrected chi connectivity index (χ4v) is 0.175. The summed E-state index contributed by atoms with van der Waals surface area (Å²) in [5.74, 6) is 2.51. The standard InChI is InChI=1S/C6H9N/c1-4-5-7-6(2)3/h6H,1H2,2-3H3. The molecule has 0 saturated heterocycles. The van der Waals surface area contributed by atoms with Crippen LogP contribution >= 0.6 is 0 Å². The summed E-state index contributed by atoms with van der Waals surface area (Å²) in [6.45, 7) is 7.26. The topological polar surface area (TPSA) is 12.4 Å². The first-order chi connectivity index (χ1) is 3.27. The summed E-state index contributed by atoms with van der Waals surface area (Å²) in [6.07, 6.45) is 0. The van der Waals surface area contributed by atoms with Crippen molar-refractivity contribution >= 4 is 5.87 Å². The quantitative estimate of drug-likeness (QED) is 0.345. The molecule has 0 spiro atoms. The van der Waals surface area contributed by atoms with E-state index in [1.165, 1.54) is 0 Å². The fraction of sp³-hybridized carbons (Fsp3) is 0.500. The number of rotatable bonds is 1. The van der Waals surface area contributed by atoms with Gasteiger partial charge in [0.1, 0.15) is 0 Å². The van der Waals surface area contributed by atoms with Gasteiger partial charge >= 0.3 is 0 Å². The van der Waals surface area contributed by atoms with Crippen molar-refractivity contribution in [3.05, 3.63) is 12.3 Å². The molecule has 0 fully saturated rings. The highest BCUT2D eigenvalue weighted by atomic mass is 14.7. The molecule has 1 nitrogen and oxygen atoms in total. The van der Waals surface area contributed by atoms with Crippen molar-refractivity contribution in [2.24, 2.45) is 4.99 Å². The van der Waals surface area contributed by atoms with Crippen LogP contribution in [0.1, 0.15) is 13.8 Å². The second-order valence-corrected chi connectivity index (χ2v) is 1.51. The molecular weight excluding hydrogens is 86.1 g/mol. The third kappa shape index (κ3) is 5.23. The average Bonchev–Trinajstić information content (AvgIpc) is 1.61. The van der Waals surface area contributed by atoms with Gasteiger partial charge in [0.25, 0.3) is 0 Å². The van der Waals surface area contributed by atoms with Gasteiger partial charge in [-0.2, -0.15) is 0 Å². The second kappa shape index (κ2) is 3.42. The largest absolute Gasteiger partial charge is 0.232 e. The van der Waals surface area contributed by atoms with Gasteiger partial charge in [0, 0.05) is 5.87 Å². The molecule has 7 heavy (non-hydrogen) atoms. The van der Waals surface area contributed by atoms with E-state index in [0.29, 0.717) is 6.04 Å². The molecule has 0 aliphatic rings. The van der Waals surface area contributed by atoms with Crippen molar-refractivity contribution in [2.75, 3.05) is 0 Å². The van der Waals surface area contributed by atoms with Crippen LogP contribution in [-0.2, 0) is 0 Å². The van der Waals surface area contributed by atoms with Gasteiger partial charge in [0.05, 0.1) is 6.04 Å². The third-order valence-electron chi connectivity index (χ3n) is 0.402. The van der Waals surface area contributed by atoms with Gasteiger partial charge in [0.15, 0.2) is 0 Å². The zero-order chi connectivity index (χ0) is 5.70. The lowest BCUT2D eigenvalue weighted by molar-refractivity contribution is 0.843. The van der Waals surface area contributed by atoms with Crippen LogP contribution in [0, 0.1) is 0 Å². The Hall–Kier alpha value is -0.770. The summed E-state index contributed by atoms with van der Waals surface area (Å²) in [6, 6.07) is 0.314. The molecular formula is C6H9N. The molecule has 0 rings (SSSR count). The Morgan fingerprint density at radius 1 is 1.57 bits per heavy atom. The molecule has 0 aliphatic carbocycles. The van der Waals surface area contributed by atoms with E-state index >= 15 is 0 Å². The van der Waals surface area contributed by atoms with Crippen molar-refractivity contribution in [1.29, 1.82) is 0 Å². The lowest BCUT2D eigenvalue weighted by Crippen LogP contribution is -1.83. The molecule has 0 N–H and O–H groups in total. The first-order valence-electron chi connectivity index (χ1n) is 2.24. The van der Waals surface area contributed by atoms with E-state index in [9.17, 15) is 0 Å². The van der Waals surface area contributed by atoms with Crippen LogP contribution in [0.5, 0.6) is 0 Å². The molecule has 0 aliphatic heterocycles. The summed E-state index contributed by atoms with van der Waals surface area (Å²) < 4.78 is 0. The van der Waals surface area contributed by atoms with Gasteiger partial charge in [-0.3, -0.25) is 0 Å². The fourth-order valence-electron chi connectivity index (χ4n) is 0.175. The maximum absolute atomic E-state index is 3.82. The maximum Gasteiger partial charge on any atom is 0.0544 e. The second-order valence-electron chi connectivity index (χ2n) is 1.51. The lowest BCUT2D eigenvalue weighted by Gasteiger charge is -1.84. The average molecular weight is 95.1 g/mol. The van der Waals surface area contributed by atoms with Gasteiger partial charge in [-0.15, -0.1) is 0 Å². The Labute approximate surface area is 44.1 Å². The molecule has 0 amide bonds. The van der Waals surface area contributed by atoms with E-state index in [-0.39, 0.29) is 0 Å². The minimum absolute atomic E-state index is 0.314. The van der Waals surface area contributed by atoms with Gasteiger partial charge in [0.2, 0.25) is 0 Å². The van der Waals surface area contributed by atoms with Crippen LogP contribution in [0.15, 0.2) is 17.3 Å². The van der Waals surface area contributed by atoms with Crippen molar-refractivity contribution in [1.82, 2.24) is 0 Å². The predicted molar refractivity (Wildman–Crippen MR) is 31.7 cm³/mol. The summed E-state index contributed by atoms with van der Waals surface area (Å²) in [5, 5.41) is 0. The molecule has 0 heterocycles. The minimum atomic E-state index is 0.314. The Bertz CT molecular complexity index is 112.